The third-order valence-corrected chi connectivity index (χ3v) is 4.73. The van der Waals surface area contributed by atoms with E-state index in [1.165, 1.54) is 12.3 Å². The second-order valence-corrected chi connectivity index (χ2v) is 7.13. The largest absolute Gasteiger partial charge is 0.387 e. The number of nitrogens with zero attached hydrogens (tertiary/aromatic N) is 3. The molecular weight excluding hydrogens is 383 g/mol. The lowest BCUT2D eigenvalue weighted by Gasteiger charge is -2.17. The maximum Gasteiger partial charge on any atom is 0.253 e. The number of aliphatic hydroxyl groups excluding tert-OH is 1. The van der Waals surface area contributed by atoms with Gasteiger partial charge >= 0.3 is 0 Å². The summed E-state index contributed by atoms with van der Waals surface area (Å²) in [5.74, 6) is -0.511. The molecule has 0 spiro atoms. The molecule has 1 atom stereocenters. The Morgan fingerprint density at radius 1 is 1.13 bits per heavy atom. The van der Waals surface area contributed by atoms with Crippen LogP contribution < -0.4 is 5.32 Å². The highest BCUT2D eigenvalue weighted by atomic mass is 19.1. The molecule has 2 N–H and O–H groups in total. The number of nitrogens with one attached hydrogen (secondary N) is 1. The van der Waals surface area contributed by atoms with Crippen molar-refractivity contribution in [3.05, 3.63) is 95.3 Å². The van der Waals surface area contributed by atoms with Crippen LogP contribution in [0.1, 0.15) is 33.2 Å². The summed E-state index contributed by atoms with van der Waals surface area (Å²) in [5, 5.41) is 13.2. The molecule has 3 aromatic rings. The fraction of sp³-hybridized carbons (Fsp3) is 0.261. The van der Waals surface area contributed by atoms with E-state index in [1.54, 1.807) is 24.3 Å². The van der Waals surface area contributed by atoms with Gasteiger partial charge in [-0.1, -0.05) is 18.2 Å². The molecule has 1 unspecified atom stereocenters. The normalized spacial score (nSPS) is 11.8. The van der Waals surface area contributed by atoms with Crippen molar-refractivity contribution in [2.75, 3.05) is 20.1 Å². The first-order chi connectivity index (χ1) is 14.5. The molecule has 156 valence electrons. The summed E-state index contributed by atoms with van der Waals surface area (Å²) in [7, 11) is 1.77. The van der Waals surface area contributed by atoms with Crippen LogP contribution in [-0.2, 0) is 13.0 Å². The summed E-state index contributed by atoms with van der Waals surface area (Å²) in [6.07, 6.45) is 5.95. The van der Waals surface area contributed by atoms with E-state index < -0.39 is 11.9 Å². The van der Waals surface area contributed by atoms with Crippen molar-refractivity contribution in [3.8, 4) is 0 Å². The number of benzene rings is 1. The topological polar surface area (TPSA) is 78.4 Å². The van der Waals surface area contributed by atoms with E-state index in [4.69, 9.17) is 0 Å². The van der Waals surface area contributed by atoms with E-state index in [0.717, 1.165) is 23.7 Å². The van der Waals surface area contributed by atoms with E-state index in [2.05, 4.69) is 15.3 Å². The monoisotopic (exact) mass is 408 g/mol. The molecule has 30 heavy (non-hydrogen) atoms. The summed E-state index contributed by atoms with van der Waals surface area (Å²) in [6.45, 7) is 1.45. The van der Waals surface area contributed by atoms with E-state index in [0.29, 0.717) is 30.8 Å². The van der Waals surface area contributed by atoms with E-state index in [-0.39, 0.29) is 5.91 Å². The van der Waals surface area contributed by atoms with Gasteiger partial charge in [0.2, 0.25) is 0 Å². The van der Waals surface area contributed by atoms with E-state index >= 15 is 0 Å². The highest BCUT2D eigenvalue weighted by Crippen LogP contribution is 2.12. The molecule has 3 rings (SSSR count). The van der Waals surface area contributed by atoms with Gasteiger partial charge in [-0.25, -0.2) is 4.39 Å². The Kier molecular flexibility index (Phi) is 7.59. The van der Waals surface area contributed by atoms with Gasteiger partial charge in [0.05, 0.1) is 12.3 Å². The molecule has 2 aromatic heterocycles. The lowest BCUT2D eigenvalue weighted by molar-refractivity contribution is 0.0785. The van der Waals surface area contributed by atoms with Gasteiger partial charge < -0.3 is 15.3 Å². The van der Waals surface area contributed by atoms with Crippen LogP contribution in [0.25, 0.3) is 0 Å². The van der Waals surface area contributed by atoms with Gasteiger partial charge in [0.1, 0.15) is 5.82 Å². The van der Waals surface area contributed by atoms with Crippen LogP contribution in [0.4, 0.5) is 4.39 Å². The quantitative estimate of drug-likeness (QED) is 0.533. The predicted octanol–water partition coefficient (Wildman–Crippen LogP) is 2.75. The number of hydrogen-bond acceptors (Lipinski definition) is 5. The van der Waals surface area contributed by atoms with Crippen molar-refractivity contribution >= 4 is 5.91 Å². The zero-order valence-electron chi connectivity index (χ0n) is 16.8. The Hall–Kier alpha value is -3.16. The molecule has 7 heteroatoms. The van der Waals surface area contributed by atoms with Gasteiger partial charge in [0.25, 0.3) is 5.91 Å². The highest BCUT2D eigenvalue weighted by Gasteiger charge is 2.12. The fourth-order valence-corrected chi connectivity index (χ4v) is 3.07. The SMILES string of the molecule is CN(Cc1cccnc1)C(=O)c1ccc(CCNCC(O)c2cncc(F)c2)cc1. The van der Waals surface area contributed by atoms with Gasteiger partial charge in [0.15, 0.2) is 0 Å². The average molecular weight is 408 g/mol. The summed E-state index contributed by atoms with van der Waals surface area (Å²) in [5.41, 5.74) is 3.14. The lowest BCUT2D eigenvalue weighted by atomic mass is 10.1. The number of carbonyl (C=O) groups is 1. The Morgan fingerprint density at radius 3 is 2.63 bits per heavy atom. The van der Waals surface area contributed by atoms with Crippen molar-refractivity contribution in [2.45, 2.75) is 19.1 Å². The van der Waals surface area contributed by atoms with Gasteiger partial charge in [-0.05, 0) is 48.4 Å². The number of pyridine rings is 2. The van der Waals surface area contributed by atoms with Crippen LogP contribution in [0.3, 0.4) is 0 Å². The molecule has 1 amide bonds. The predicted molar refractivity (Wildman–Crippen MR) is 112 cm³/mol. The van der Waals surface area contributed by atoms with Gasteiger partial charge in [-0.3, -0.25) is 14.8 Å². The first-order valence-corrected chi connectivity index (χ1v) is 9.75. The van der Waals surface area contributed by atoms with Crippen LogP contribution in [0.5, 0.6) is 0 Å². The zero-order valence-corrected chi connectivity index (χ0v) is 16.8. The zero-order chi connectivity index (χ0) is 21.3. The molecule has 0 bridgehead atoms. The Balaban J connectivity index is 1.44. The molecular formula is C23H25FN4O2. The third kappa shape index (κ3) is 6.17. The number of aromatic nitrogens is 2. The van der Waals surface area contributed by atoms with Gasteiger partial charge in [-0.15, -0.1) is 0 Å². The maximum absolute atomic E-state index is 13.2. The molecule has 0 fully saturated rings. The van der Waals surface area contributed by atoms with Gasteiger partial charge in [0, 0.05) is 49.9 Å². The minimum atomic E-state index is -0.816. The van der Waals surface area contributed by atoms with Crippen molar-refractivity contribution in [3.63, 3.8) is 0 Å². The second-order valence-electron chi connectivity index (χ2n) is 7.13. The van der Waals surface area contributed by atoms with Crippen LogP contribution in [0, 0.1) is 5.82 Å². The molecule has 0 aliphatic carbocycles. The first-order valence-electron chi connectivity index (χ1n) is 9.75. The van der Waals surface area contributed by atoms with Crippen LogP contribution >= 0.6 is 0 Å². The third-order valence-electron chi connectivity index (χ3n) is 4.73. The van der Waals surface area contributed by atoms with Gasteiger partial charge in [-0.2, -0.15) is 0 Å². The molecule has 0 saturated carbocycles. The molecule has 6 nitrogen and oxygen atoms in total. The maximum atomic E-state index is 13.2. The minimum Gasteiger partial charge on any atom is -0.387 e. The first kappa shape index (κ1) is 21.5. The van der Waals surface area contributed by atoms with Crippen LogP contribution in [-0.4, -0.2) is 46.0 Å². The average Bonchev–Trinajstić information content (AvgIpc) is 2.77. The minimum absolute atomic E-state index is 0.0460. The van der Waals surface area contributed by atoms with Crippen LogP contribution in [0.2, 0.25) is 0 Å². The molecule has 0 aliphatic heterocycles. The second kappa shape index (κ2) is 10.6. The Bertz CT molecular complexity index is 951. The molecule has 0 aliphatic rings. The summed E-state index contributed by atoms with van der Waals surface area (Å²) >= 11 is 0. The van der Waals surface area contributed by atoms with E-state index in [1.807, 2.05) is 36.4 Å². The molecule has 0 saturated heterocycles. The number of halogens is 1. The number of hydrogen-bond donors (Lipinski definition) is 2. The molecule has 1 aromatic carbocycles. The fourth-order valence-electron chi connectivity index (χ4n) is 3.07. The number of rotatable bonds is 9. The Labute approximate surface area is 175 Å². The van der Waals surface area contributed by atoms with Crippen molar-refractivity contribution in [1.29, 1.82) is 0 Å². The molecule has 2 heterocycles. The smallest absolute Gasteiger partial charge is 0.253 e. The lowest BCUT2D eigenvalue weighted by Crippen LogP contribution is -2.26. The van der Waals surface area contributed by atoms with Crippen molar-refractivity contribution in [1.82, 2.24) is 20.2 Å². The summed E-state index contributed by atoms with van der Waals surface area (Å²) in [6, 6.07) is 12.6. The van der Waals surface area contributed by atoms with Crippen LogP contribution in [0.15, 0.2) is 67.3 Å². The Morgan fingerprint density at radius 2 is 1.93 bits per heavy atom. The summed E-state index contributed by atoms with van der Waals surface area (Å²) < 4.78 is 13.2. The van der Waals surface area contributed by atoms with E-state index in [9.17, 15) is 14.3 Å². The summed E-state index contributed by atoms with van der Waals surface area (Å²) in [4.78, 5) is 22.1. The standard InChI is InChI=1S/C23H25FN4O2/c1-28(16-18-3-2-9-25-12-18)23(30)19-6-4-17(5-7-19)8-10-26-15-22(29)20-11-21(24)14-27-13-20/h2-7,9,11-14,22,26,29H,8,10,15-16H2,1H3. The van der Waals surface area contributed by atoms with Crippen molar-refractivity contribution < 1.29 is 14.3 Å². The number of amides is 1. The highest BCUT2D eigenvalue weighted by molar-refractivity contribution is 5.94. The molecule has 0 radical (unpaired) electrons. The van der Waals surface area contributed by atoms with Crippen molar-refractivity contribution in [2.24, 2.45) is 0 Å². The number of carbonyl (C=O) groups excluding carboxylic acids is 1. The number of aliphatic hydroxyl groups is 1.